The second kappa shape index (κ2) is 5.44. The van der Waals surface area contributed by atoms with Crippen molar-refractivity contribution in [1.82, 2.24) is 4.98 Å². The lowest BCUT2D eigenvalue weighted by Crippen LogP contribution is -2.19. The van der Waals surface area contributed by atoms with Crippen LogP contribution in [0.2, 0.25) is 0 Å². The van der Waals surface area contributed by atoms with E-state index in [2.05, 4.69) is 59.3 Å². The maximum atomic E-state index is 6.14. The van der Waals surface area contributed by atoms with Gasteiger partial charge in [-0.05, 0) is 37.4 Å². The molecule has 3 aromatic rings. The zero-order valence-electron chi connectivity index (χ0n) is 12.4. The first-order valence-electron chi connectivity index (χ1n) is 7.19. The fraction of sp³-hybridized carbons (Fsp3) is 0.167. The molecule has 0 aliphatic rings. The number of nitrogens with two attached hydrogens (primary N) is 1. The molecule has 3 rings (SSSR count). The smallest absolute Gasteiger partial charge is 0.156 e. The molecule has 21 heavy (non-hydrogen) atoms. The molecule has 1 heterocycles. The van der Waals surface area contributed by atoms with Crippen molar-refractivity contribution in [2.24, 2.45) is 0 Å². The van der Waals surface area contributed by atoms with Crippen molar-refractivity contribution < 1.29 is 0 Å². The first-order chi connectivity index (χ1) is 10.2. The lowest BCUT2D eigenvalue weighted by Gasteiger charge is -2.25. The van der Waals surface area contributed by atoms with E-state index in [1.54, 1.807) is 0 Å². The van der Waals surface area contributed by atoms with Gasteiger partial charge in [0.15, 0.2) is 5.82 Å². The highest BCUT2D eigenvalue weighted by Gasteiger charge is 2.14. The van der Waals surface area contributed by atoms with Crippen LogP contribution in [0.4, 0.5) is 17.2 Å². The topological polar surface area (TPSA) is 42.2 Å². The van der Waals surface area contributed by atoms with Gasteiger partial charge in [-0.2, -0.15) is 0 Å². The number of aromatic nitrogens is 1. The van der Waals surface area contributed by atoms with Gasteiger partial charge in [-0.1, -0.05) is 36.4 Å². The van der Waals surface area contributed by atoms with E-state index in [1.807, 2.05) is 19.1 Å². The SMILES string of the molecule is CCN(c1nc(C)ccc1N)c1cccc2ccccc12. The van der Waals surface area contributed by atoms with Crippen molar-refractivity contribution in [3.8, 4) is 0 Å². The van der Waals surface area contributed by atoms with Crippen LogP contribution in [0.5, 0.6) is 0 Å². The van der Waals surface area contributed by atoms with Crippen molar-refractivity contribution in [3.05, 3.63) is 60.3 Å². The average Bonchev–Trinajstić information content (AvgIpc) is 2.51. The molecule has 0 fully saturated rings. The third-order valence-corrected chi connectivity index (χ3v) is 3.67. The predicted octanol–water partition coefficient (Wildman–Crippen LogP) is 4.28. The number of nitrogen functional groups attached to an aromatic ring is 1. The van der Waals surface area contributed by atoms with E-state index < -0.39 is 0 Å². The van der Waals surface area contributed by atoms with Gasteiger partial charge < -0.3 is 10.6 Å². The summed E-state index contributed by atoms with van der Waals surface area (Å²) in [6, 6.07) is 18.6. The molecule has 0 radical (unpaired) electrons. The summed E-state index contributed by atoms with van der Waals surface area (Å²) >= 11 is 0. The van der Waals surface area contributed by atoms with E-state index in [0.29, 0.717) is 5.69 Å². The molecule has 0 amide bonds. The minimum atomic E-state index is 0.704. The Morgan fingerprint density at radius 1 is 1.00 bits per heavy atom. The van der Waals surface area contributed by atoms with Crippen LogP contribution in [0.25, 0.3) is 10.8 Å². The first kappa shape index (κ1) is 13.4. The van der Waals surface area contributed by atoms with E-state index in [4.69, 9.17) is 5.73 Å². The summed E-state index contributed by atoms with van der Waals surface area (Å²) in [5.74, 6) is 0.828. The Morgan fingerprint density at radius 3 is 2.57 bits per heavy atom. The minimum absolute atomic E-state index is 0.704. The molecule has 0 saturated heterocycles. The normalized spacial score (nSPS) is 10.8. The van der Waals surface area contributed by atoms with Gasteiger partial charge in [0.25, 0.3) is 0 Å². The number of fused-ring (bicyclic) bond motifs is 1. The summed E-state index contributed by atoms with van der Waals surface area (Å²) < 4.78 is 0. The Labute approximate surface area is 125 Å². The van der Waals surface area contributed by atoms with Gasteiger partial charge in [0.2, 0.25) is 0 Å². The van der Waals surface area contributed by atoms with Gasteiger partial charge in [0, 0.05) is 17.6 Å². The average molecular weight is 277 g/mol. The summed E-state index contributed by atoms with van der Waals surface area (Å²) in [5, 5.41) is 2.43. The molecule has 0 bridgehead atoms. The van der Waals surface area contributed by atoms with Crippen LogP contribution < -0.4 is 10.6 Å². The summed E-state index contributed by atoms with van der Waals surface area (Å²) in [5.41, 5.74) is 8.96. The molecule has 2 N–H and O–H groups in total. The molecular weight excluding hydrogens is 258 g/mol. The van der Waals surface area contributed by atoms with Crippen LogP contribution in [0.3, 0.4) is 0 Å². The molecule has 0 unspecified atom stereocenters. The number of nitrogens with zero attached hydrogens (tertiary/aromatic N) is 2. The van der Waals surface area contributed by atoms with Crippen LogP contribution in [-0.4, -0.2) is 11.5 Å². The van der Waals surface area contributed by atoms with E-state index in [9.17, 15) is 0 Å². The van der Waals surface area contributed by atoms with Crippen LogP contribution >= 0.6 is 0 Å². The molecule has 0 spiro atoms. The summed E-state index contributed by atoms with van der Waals surface area (Å²) in [6.45, 7) is 4.92. The van der Waals surface area contributed by atoms with E-state index >= 15 is 0 Å². The molecule has 0 saturated carbocycles. The van der Waals surface area contributed by atoms with Crippen LogP contribution in [0.15, 0.2) is 54.6 Å². The molecule has 3 nitrogen and oxygen atoms in total. The largest absolute Gasteiger partial charge is 0.396 e. The highest BCUT2D eigenvalue weighted by molar-refractivity contribution is 5.96. The molecule has 106 valence electrons. The number of hydrogen-bond donors (Lipinski definition) is 1. The Balaban J connectivity index is 2.21. The number of aryl methyl sites for hydroxylation is 1. The molecule has 3 heteroatoms. The standard InChI is InChI=1S/C18H19N3/c1-3-21(18-16(19)12-11-13(2)20-18)17-10-6-8-14-7-4-5-9-15(14)17/h4-12H,3,19H2,1-2H3. The Kier molecular flexibility index (Phi) is 3.48. The monoisotopic (exact) mass is 277 g/mol. The number of anilines is 3. The maximum Gasteiger partial charge on any atom is 0.156 e. The fourth-order valence-electron chi connectivity index (χ4n) is 2.65. The molecule has 0 aliphatic heterocycles. The molecule has 0 aliphatic carbocycles. The third-order valence-electron chi connectivity index (χ3n) is 3.67. The molecule has 2 aromatic carbocycles. The van der Waals surface area contributed by atoms with Crippen molar-refractivity contribution in [2.75, 3.05) is 17.2 Å². The Morgan fingerprint density at radius 2 is 1.76 bits per heavy atom. The minimum Gasteiger partial charge on any atom is -0.396 e. The molecular formula is C18H19N3. The zero-order chi connectivity index (χ0) is 14.8. The number of rotatable bonds is 3. The van der Waals surface area contributed by atoms with Gasteiger partial charge in [-0.15, -0.1) is 0 Å². The number of benzene rings is 2. The van der Waals surface area contributed by atoms with Crippen molar-refractivity contribution in [2.45, 2.75) is 13.8 Å². The summed E-state index contributed by atoms with van der Waals surface area (Å²) in [4.78, 5) is 6.80. The Hall–Kier alpha value is -2.55. The second-order valence-electron chi connectivity index (χ2n) is 5.11. The van der Waals surface area contributed by atoms with Gasteiger partial charge >= 0.3 is 0 Å². The van der Waals surface area contributed by atoms with E-state index in [0.717, 1.165) is 23.7 Å². The van der Waals surface area contributed by atoms with Gasteiger partial charge in [0.05, 0.1) is 11.4 Å². The summed E-state index contributed by atoms with van der Waals surface area (Å²) in [6.07, 6.45) is 0. The predicted molar refractivity (Wildman–Crippen MR) is 90.0 cm³/mol. The lowest BCUT2D eigenvalue weighted by atomic mass is 10.1. The number of pyridine rings is 1. The lowest BCUT2D eigenvalue weighted by molar-refractivity contribution is 0.987. The van der Waals surface area contributed by atoms with Crippen molar-refractivity contribution in [1.29, 1.82) is 0 Å². The third kappa shape index (κ3) is 2.42. The van der Waals surface area contributed by atoms with Crippen molar-refractivity contribution in [3.63, 3.8) is 0 Å². The molecule has 0 atom stereocenters. The van der Waals surface area contributed by atoms with Gasteiger partial charge in [-0.25, -0.2) is 4.98 Å². The van der Waals surface area contributed by atoms with Crippen LogP contribution in [0.1, 0.15) is 12.6 Å². The fourth-order valence-corrected chi connectivity index (χ4v) is 2.65. The zero-order valence-corrected chi connectivity index (χ0v) is 12.4. The van der Waals surface area contributed by atoms with Crippen LogP contribution in [0, 0.1) is 6.92 Å². The maximum absolute atomic E-state index is 6.14. The Bertz CT molecular complexity index is 775. The highest BCUT2D eigenvalue weighted by Crippen LogP contribution is 2.33. The van der Waals surface area contributed by atoms with Crippen molar-refractivity contribution >= 4 is 28.0 Å². The van der Waals surface area contributed by atoms with E-state index in [-0.39, 0.29) is 0 Å². The quantitative estimate of drug-likeness (QED) is 0.776. The second-order valence-corrected chi connectivity index (χ2v) is 5.11. The number of hydrogen-bond acceptors (Lipinski definition) is 3. The summed E-state index contributed by atoms with van der Waals surface area (Å²) in [7, 11) is 0. The first-order valence-corrected chi connectivity index (χ1v) is 7.19. The van der Waals surface area contributed by atoms with Gasteiger partial charge in [-0.3, -0.25) is 0 Å². The molecule has 1 aromatic heterocycles. The van der Waals surface area contributed by atoms with Gasteiger partial charge in [0.1, 0.15) is 0 Å². The van der Waals surface area contributed by atoms with E-state index in [1.165, 1.54) is 10.8 Å². The van der Waals surface area contributed by atoms with Crippen LogP contribution in [-0.2, 0) is 0 Å². The highest BCUT2D eigenvalue weighted by atomic mass is 15.2.